The van der Waals surface area contributed by atoms with Gasteiger partial charge in [-0.3, -0.25) is 9.78 Å². The highest BCUT2D eigenvalue weighted by Gasteiger charge is 2.26. The van der Waals surface area contributed by atoms with Gasteiger partial charge in [-0.2, -0.15) is 0 Å². The monoisotopic (exact) mass is 360 g/mol. The third kappa shape index (κ3) is 3.80. The number of carbonyl (C=O) groups excluding carboxylic acids is 1. The summed E-state index contributed by atoms with van der Waals surface area (Å²) >= 11 is 0. The van der Waals surface area contributed by atoms with Crippen LogP contribution in [0.4, 0.5) is 0 Å². The SMILES string of the molecule is COc1ccc(C)cc1CCNC(=O)c1cc(C2CC2)nc2ccccc12. The molecule has 0 unspecified atom stereocenters. The molecule has 1 amide bonds. The largest absolute Gasteiger partial charge is 0.496 e. The Morgan fingerprint density at radius 2 is 2.00 bits per heavy atom. The molecule has 0 saturated heterocycles. The molecule has 1 N–H and O–H groups in total. The van der Waals surface area contributed by atoms with E-state index in [1.54, 1.807) is 7.11 Å². The van der Waals surface area contributed by atoms with Crippen LogP contribution in [0.2, 0.25) is 0 Å². The Morgan fingerprint density at radius 1 is 1.19 bits per heavy atom. The first-order chi connectivity index (χ1) is 13.2. The van der Waals surface area contributed by atoms with Gasteiger partial charge in [0.2, 0.25) is 0 Å². The van der Waals surface area contributed by atoms with Crippen LogP contribution < -0.4 is 10.1 Å². The van der Waals surface area contributed by atoms with Crippen LogP contribution in [0.25, 0.3) is 10.9 Å². The predicted molar refractivity (Wildman–Crippen MR) is 107 cm³/mol. The molecule has 27 heavy (non-hydrogen) atoms. The highest BCUT2D eigenvalue weighted by atomic mass is 16.5. The standard InChI is InChI=1S/C23H24N2O2/c1-15-7-10-22(27-2)17(13-15)11-12-24-23(26)19-14-21(16-8-9-16)25-20-6-4-3-5-18(19)20/h3-7,10,13-14,16H,8-9,11-12H2,1-2H3,(H,24,26). The van der Waals surface area contributed by atoms with Crippen LogP contribution in [0.15, 0.2) is 48.5 Å². The van der Waals surface area contributed by atoms with E-state index in [2.05, 4.69) is 18.3 Å². The van der Waals surface area contributed by atoms with Crippen LogP contribution in [0.3, 0.4) is 0 Å². The number of pyridine rings is 1. The van der Waals surface area contributed by atoms with Crippen LogP contribution >= 0.6 is 0 Å². The fraction of sp³-hybridized carbons (Fsp3) is 0.304. The van der Waals surface area contributed by atoms with Crippen molar-refractivity contribution in [3.05, 3.63) is 70.9 Å². The van der Waals surface area contributed by atoms with E-state index in [0.29, 0.717) is 12.5 Å². The lowest BCUT2D eigenvalue weighted by molar-refractivity contribution is 0.0955. The number of ether oxygens (including phenoxy) is 1. The summed E-state index contributed by atoms with van der Waals surface area (Å²) in [6.45, 7) is 2.62. The van der Waals surface area contributed by atoms with E-state index in [1.807, 2.05) is 42.5 Å². The van der Waals surface area contributed by atoms with Gasteiger partial charge in [0.1, 0.15) is 5.75 Å². The maximum Gasteiger partial charge on any atom is 0.252 e. The van der Waals surface area contributed by atoms with Crippen molar-refractivity contribution < 1.29 is 9.53 Å². The van der Waals surface area contributed by atoms with E-state index in [4.69, 9.17) is 9.72 Å². The fourth-order valence-electron chi connectivity index (χ4n) is 3.48. The maximum atomic E-state index is 12.9. The van der Waals surface area contributed by atoms with Crippen LogP contribution in [0, 0.1) is 6.92 Å². The fourth-order valence-corrected chi connectivity index (χ4v) is 3.48. The topological polar surface area (TPSA) is 51.2 Å². The summed E-state index contributed by atoms with van der Waals surface area (Å²) in [5, 5.41) is 3.98. The number of aromatic nitrogens is 1. The average molecular weight is 360 g/mol. The van der Waals surface area contributed by atoms with Crippen molar-refractivity contribution in [2.75, 3.05) is 13.7 Å². The van der Waals surface area contributed by atoms with Gasteiger partial charge in [-0.25, -0.2) is 0 Å². The number of hydrogen-bond donors (Lipinski definition) is 1. The van der Waals surface area contributed by atoms with E-state index in [9.17, 15) is 4.79 Å². The van der Waals surface area contributed by atoms with Crippen molar-refractivity contribution in [3.8, 4) is 5.75 Å². The molecule has 0 atom stereocenters. The van der Waals surface area contributed by atoms with Crippen molar-refractivity contribution in [3.63, 3.8) is 0 Å². The van der Waals surface area contributed by atoms with E-state index >= 15 is 0 Å². The molecule has 1 aliphatic rings. The van der Waals surface area contributed by atoms with Gasteiger partial charge >= 0.3 is 0 Å². The number of para-hydroxylation sites is 1. The molecule has 1 saturated carbocycles. The molecule has 1 heterocycles. The van der Waals surface area contributed by atoms with E-state index in [0.717, 1.165) is 39.9 Å². The molecule has 0 spiro atoms. The van der Waals surface area contributed by atoms with Gasteiger partial charge in [0, 0.05) is 23.5 Å². The number of carbonyl (C=O) groups is 1. The molecule has 4 rings (SSSR count). The number of amides is 1. The minimum atomic E-state index is -0.0397. The van der Waals surface area contributed by atoms with Gasteiger partial charge in [-0.15, -0.1) is 0 Å². The van der Waals surface area contributed by atoms with Crippen molar-refractivity contribution in [2.45, 2.75) is 32.1 Å². The predicted octanol–water partition coefficient (Wildman–Crippen LogP) is 4.40. The van der Waals surface area contributed by atoms with Gasteiger partial charge in [0.25, 0.3) is 5.91 Å². The van der Waals surface area contributed by atoms with Gasteiger partial charge in [-0.1, -0.05) is 35.9 Å². The second kappa shape index (κ2) is 7.39. The Bertz CT molecular complexity index is 993. The average Bonchev–Trinajstić information content (AvgIpc) is 3.52. The number of nitrogens with zero attached hydrogens (tertiary/aromatic N) is 1. The number of hydrogen-bond acceptors (Lipinski definition) is 3. The van der Waals surface area contributed by atoms with Crippen LogP contribution in [-0.2, 0) is 6.42 Å². The lowest BCUT2D eigenvalue weighted by Gasteiger charge is -2.12. The third-order valence-corrected chi connectivity index (χ3v) is 5.09. The number of rotatable bonds is 6. The van der Waals surface area contributed by atoms with Gasteiger partial charge in [0.05, 0.1) is 18.2 Å². The summed E-state index contributed by atoms with van der Waals surface area (Å²) in [7, 11) is 1.68. The number of benzene rings is 2. The molecule has 2 aromatic carbocycles. The third-order valence-electron chi connectivity index (χ3n) is 5.09. The molecule has 1 aliphatic carbocycles. The van der Waals surface area contributed by atoms with Crippen LogP contribution in [-0.4, -0.2) is 24.5 Å². The lowest BCUT2D eigenvalue weighted by atomic mass is 10.0. The van der Waals surface area contributed by atoms with E-state index in [1.165, 1.54) is 18.4 Å². The van der Waals surface area contributed by atoms with Crippen molar-refractivity contribution >= 4 is 16.8 Å². The van der Waals surface area contributed by atoms with E-state index < -0.39 is 0 Å². The summed E-state index contributed by atoms with van der Waals surface area (Å²) < 4.78 is 5.43. The summed E-state index contributed by atoms with van der Waals surface area (Å²) in [5.74, 6) is 1.33. The molecule has 0 aliphatic heterocycles. The summed E-state index contributed by atoms with van der Waals surface area (Å²) in [4.78, 5) is 17.6. The Kier molecular flexibility index (Phi) is 4.80. The Labute approximate surface area is 159 Å². The molecule has 0 bridgehead atoms. The molecule has 4 heteroatoms. The quantitative estimate of drug-likeness (QED) is 0.709. The first-order valence-corrected chi connectivity index (χ1v) is 9.47. The number of methoxy groups -OCH3 is 1. The van der Waals surface area contributed by atoms with Gasteiger partial charge in [-0.05, 0) is 49.9 Å². The Morgan fingerprint density at radius 3 is 2.78 bits per heavy atom. The second-order valence-electron chi connectivity index (χ2n) is 7.21. The Balaban J connectivity index is 1.53. The summed E-state index contributed by atoms with van der Waals surface area (Å²) in [5.41, 5.74) is 4.95. The molecule has 1 aromatic heterocycles. The normalized spacial score (nSPS) is 13.6. The Hall–Kier alpha value is -2.88. The minimum Gasteiger partial charge on any atom is -0.496 e. The zero-order valence-electron chi connectivity index (χ0n) is 15.8. The molecule has 4 nitrogen and oxygen atoms in total. The minimum absolute atomic E-state index is 0.0397. The van der Waals surface area contributed by atoms with Gasteiger partial charge in [0.15, 0.2) is 0 Å². The van der Waals surface area contributed by atoms with Crippen molar-refractivity contribution in [2.24, 2.45) is 0 Å². The first-order valence-electron chi connectivity index (χ1n) is 9.47. The van der Waals surface area contributed by atoms with E-state index in [-0.39, 0.29) is 5.91 Å². The van der Waals surface area contributed by atoms with Crippen LogP contribution in [0.1, 0.15) is 45.9 Å². The molecule has 1 fully saturated rings. The zero-order valence-corrected chi connectivity index (χ0v) is 15.8. The second-order valence-corrected chi connectivity index (χ2v) is 7.21. The molecule has 0 radical (unpaired) electrons. The maximum absolute atomic E-state index is 12.9. The highest BCUT2D eigenvalue weighted by molar-refractivity contribution is 6.06. The molecular weight excluding hydrogens is 336 g/mol. The van der Waals surface area contributed by atoms with Crippen LogP contribution in [0.5, 0.6) is 5.75 Å². The molecular formula is C23H24N2O2. The molecule has 138 valence electrons. The van der Waals surface area contributed by atoms with Crippen molar-refractivity contribution in [1.29, 1.82) is 0 Å². The first kappa shape index (κ1) is 17.5. The highest BCUT2D eigenvalue weighted by Crippen LogP contribution is 2.40. The number of fused-ring (bicyclic) bond motifs is 1. The summed E-state index contributed by atoms with van der Waals surface area (Å²) in [6, 6.07) is 16.0. The number of nitrogens with one attached hydrogen (secondary N) is 1. The zero-order chi connectivity index (χ0) is 18.8. The summed E-state index contributed by atoms with van der Waals surface area (Å²) in [6.07, 6.45) is 3.06. The number of aryl methyl sites for hydroxylation is 1. The smallest absolute Gasteiger partial charge is 0.252 e. The molecule has 3 aromatic rings. The van der Waals surface area contributed by atoms with Crippen molar-refractivity contribution in [1.82, 2.24) is 10.3 Å². The lowest BCUT2D eigenvalue weighted by Crippen LogP contribution is -2.26. The van der Waals surface area contributed by atoms with Gasteiger partial charge < -0.3 is 10.1 Å².